The van der Waals surface area contributed by atoms with Gasteiger partial charge in [-0.2, -0.15) is 5.10 Å². The summed E-state index contributed by atoms with van der Waals surface area (Å²) in [4.78, 5) is 11.5. The van der Waals surface area contributed by atoms with E-state index in [0.717, 1.165) is 5.56 Å². The van der Waals surface area contributed by atoms with Crippen molar-refractivity contribution in [1.82, 2.24) is 9.78 Å². The highest BCUT2D eigenvalue weighted by Gasteiger charge is 2.24. The number of nitrogens with two attached hydrogens (primary N) is 1. The number of esters is 1. The molecule has 0 spiro atoms. The Balaban J connectivity index is 3.19. The molecule has 1 heterocycles. The van der Waals surface area contributed by atoms with E-state index in [1.54, 1.807) is 7.05 Å². The topological polar surface area (TPSA) is 70.1 Å². The lowest BCUT2D eigenvalue weighted by molar-refractivity contribution is 0.0591. The van der Waals surface area contributed by atoms with Gasteiger partial charge in [-0.3, -0.25) is 4.68 Å². The second-order valence-corrected chi connectivity index (χ2v) is 5.07. The van der Waals surface area contributed by atoms with Gasteiger partial charge >= 0.3 is 5.97 Å². The minimum atomic E-state index is -0.438. The van der Waals surface area contributed by atoms with Gasteiger partial charge in [-0.15, -0.1) is 0 Å². The van der Waals surface area contributed by atoms with Crippen molar-refractivity contribution in [2.24, 2.45) is 12.5 Å². The lowest BCUT2D eigenvalue weighted by Gasteiger charge is -2.18. The zero-order valence-electron chi connectivity index (χ0n) is 10.5. The Bertz CT molecular complexity index is 402. The van der Waals surface area contributed by atoms with Gasteiger partial charge in [-0.05, 0) is 11.8 Å². The number of aromatic nitrogens is 2. The Hall–Kier alpha value is -1.52. The predicted octanol–water partition coefficient (Wildman–Crippen LogP) is 1.38. The van der Waals surface area contributed by atoms with Crippen LogP contribution in [0.3, 0.4) is 0 Å². The van der Waals surface area contributed by atoms with Crippen LogP contribution in [0.2, 0.25) is 0 Å². The quantitative estimate of drug-likeness (QED) is 0.772. The number of hydrogen-bond acceptors (Lipinski definition) is 4. The fourth-order valence-corrected chi connectivity index (χ4v) is 1.55. The Morgan fingerprint density at radius 3 is 2.50 bits per heavy atom. The molecule has 0 aliphatic heterocycles. The molecule has 0 amide bonds. The summed E-state index contributed by atoms with van der Waals surface area (Å²) in [6.45, 7) is 6.25. The zero-order valence-corrected chi connectivity index (χ0v) is 10.5. The third-order valence-corrected chi connectivity index (χ3v) is 2.28. The van der Waals surface area contributed by atoms with Crippen molar-refractivity contribution in [1.29, 1.82) is 0 Å². The second-order valence-electron chi connectivity index (χ2n) is 5.07. The maximum absolute atomic E-state index is 11.5. The van der Waals surface area contributed by atoms with E-state index in [4.69, 9.17) is 5.73 Å². The van der Waals surface area contributed by atoms with E-state index in [9.17, 15) is 4.79 Å². The first kappa shape index (κ1) is 12.5. The van der Waals surface area contributed by atoms with Crippen molar-refractivity contribution in [2.75, 3.05) is 12.8 Å². The van der Waals surface area contributed by atoms with E-state index in [-0.39, 0.29) is 5.41 Å². The average molecular weight is 225 g/mol. The highest BCUT2D eigenvalue weighted by Crippen LogP contribution is 2.27. The molecular formula is C11H19N3O2. The number of nitrogens with zero attached hydrogens (tertiary/aromatic N) is 2. The highest BCUT2D eigenvalue weighted by molar-refractivity contribution is 5.90. The number of rotatable bonds is 2. The second kappa shape index (κ2) is 4.15. The van der Waals surface area contributed by atoms with Crippen LogP contribution in [0.1, 0.15) is 36.8 Å². The standard InChI is InChI=1S/C11H19N3O2/c1-11(2,3)6-7-8(10(15)16-5)13-14(4)9(7)12/h6,12H2,1-5H3. The molecule has 0 atom stereocenters. The first-order valence-electron chi connectivity index (χ1n) is 5.16. The molecule has 5 heteroatoms. The summed E-state index contributed by atoms with van der Waals surface area (Å²) >= 11 is 0. The van der Waals surface area contributed by atoms with Crippen LogP contribution >= 0.6 is 0 Å². The number of aryl methyl sites for hydroxylation is 1. The van der Waals surface area contributed by atoms with Crippen LogP contribution in [0.15, 0.2) is 0 Å². The molecule has 0 saturated carbocycles. The fraction of sp³-hybridized carbons (Fsp3) is 0.636. The maximum Gasteiger partial charge on any atom is 0.358 e. The van der Waals surface area contributed by atoms with Crippen LogP contribution in [-0.2, 0) is 18.2 Å². The molecule has 1 aromatic heterocycles. The van der Waals surface area contributed by atoms with Crippen LogP contribution < -0.4 is 5.73 Å². The van der Waals surface area contributed by atoms with Gasteiger partial charge in [0.1, 0.15) is 5.82 Å². The van der Waals surface area contributed by atoms with Crippen LogP contribution in [0.5, 0.6) is 0 Å². The summed E-state index contributed by atoms with van der Waals surface area (Å²) in [5.74, 6) is 0.0851. The number of methoxy groups -OCH3 is 1. The van der Waals surface area contributed by atoms with E-state index >= 15 is 0 Å². The summed E-state index contributed by atoms with van der Waals surface area (Å²) in [7, 11) is 3.06. The lowest BCUT2D eigenvalue weighted by Crippen LogP contribution is -2.14. The molecule has 1 rings (SSSR count). The van der Waals surface area contributed by atoms with E-state index in [1.807, 2.05) is 0 Å². The van der Waals surface area contributed by atoms with Gasteiger partial charge in [0.15, 0.2) is 5.69 Å². The first-order valence-corrected chi connectivity index (χ1v) is 5.16. The molecule has 2 N–H and O–H groups in total. The van der Waals surface area contributed by atoms with Gasteiger partial charge in [0, 0.05) is 12.6 Å². The SMILES string of the molecule is COC(=O)c1nn(C)c(N)c1CC(C)(C)C. The van der Waals surface area contributed by atoms with Crippen molar-refractivity contribution in [3.05, 3.63) is 11.3 Å². The lowest BCUT2D eigenvalue weighted by atomic mass is 9.88. The number of anilines is 1. The molecule has 0 aliphatic rings. The number of carbonyl (C=O) groups is 1. The zero-order chi connectivity index (χ0) is 12.5. The molecule has 5 nitrogen and oxygen atoms in total. The largest absolute Gasteiger partial charge is 0.464 e. The molecule has 0 bridgehead atoms. The number of nitrogen functional groups attached to an aromatic ring is 1. The molecular weight excluding hydrogens is 206 g/mol. The predicted molar refractivity (Wildman–Crippen MR) is 62.1 cm³/mol. The van der Waals surface area contributed by atoms with E-state index in [0.29, 0.717) is 17.9 Å². The summed E-state index contributed by atoms with van der Waals surface area (Å²) in [6, 6.07) is 0. The van der Waals surface area contributed by atoms with Gasteiger partial charge in [-0.1, -0.05) is 20.8 Å². The third kappa shape index (κ3) is 2.53. The molecule has 0 fully saturated rings. The summed E-state index contributed by atoms with van der Waals surface area (Å²) in [5.41, 5.74) is 7.02. The molecule has 16 heavy (non-hydrogen) atoms. The molecule has 0 unspecified atom stereocenters. The first-order chi connectivity index (χ1) is 7.26. The van der Waals surface area contributed by atoms with E-state index in [1.165, 1.54) is 11.8 Å². The Morgan fingerprint density at radius 1 is 1.50 bits per heavy atom. The van der Waals surface area contributed by atoms with Crippen LogP contribution in [0.25, 0.3) is 0 Å². The number of hydrogen-bond donors (Lipinski definition) is 1. The Morgan fingerprint density at radius 2 is 2.06 bits per heavy atom. The smallest absolute Gasteiger partial charge is 0.358 e. The van der Waals surface area contributed by atoms with Crippen LogP contribution in [0, 0.1) is 5.41 Å². The molecule has 0 aliphatic carbocycles. The summed E-state index contributed by atoms with van der Waals surface area (Å²) in [6.07, 6.45) is 0.692. The normalized spacial score (nSPS) is 11.6. The highest BCUT2D eigenvalue weighted by atomic mass is 16.5. The number of carbonyl (C=O) groups excluding carboxylic acids is 1. The third-order valence-electron chi connectivity index (χ3n) is 2.28. The monoisotopic (exact) mass is 225 g/mol. The molecule has 0 saturated heterocycles. The average Bonchev–Trinajstić information content (AvgIpc) is 2.43. The van der Waals surface area contributed by atoms with Crippen molar-refractivity contribution < 1.29 is 9.53 Å². The van der Waals surface area contributed by atoms with Crippen molar-refractivity contribution >= 4 is 11.8 Å². The van der Waals surface area contributed by atoms with Gasteiger partial charge < -0.3 is 10.5 Å². The van der Waals surface area contributed by atoms with Crippen molar-refractivity contribution in [3.63, 3.8) is 0 Å². The molecule has 1 aromatic rings. The van der Waals surface area contributed by atoms with Crippen LogP contribution in [0.4, 0.5) is 5.82 Å². The summed E-state index contributed by atoms with van der Waals surface area (Å²) in [5, 5.41) is 4.08. The molecule has 0 aromatic carbocycles. The van der Waals surface area contributed by atoms with E-state index < -0.39 is 5.97 Å². The van der Waals surface area contributed by atoms with Gasteiger partial charge in [0.2, 0.25) is 0 Å². The Kier molecular flexibility index (Phi) is 3.26. The Labute approximate surface area is 95.6 Å². The fourth-order valence-electron chi connectivity index (χ4n) is 1.55. The summed E-state index contributed by atoms with van der Waals surface area (Å²) < 4.78 is 6.20. The van der Waals surface area contributed by atoms with Crippen molar-refractivity contribution in [3.8, 4) is 0 Å². The van der Waals surface area contributed by atoms with Crippen molar-refractivity contribution in [2.45, 2.75) is 27.2 Å². The van der Waals surface area contributed by atoms with Gasteiger partial charge in [0.25, 0.3) is 0 Å². The van der Waals surface area contributed by atoms with E-state index in [2.05, 4.69) is 30.6 Å². The molecule has 90 valence electrons. The number of ether oxygens (including phenoxy) is 1. The van der Waals surface area contributed by atoms with Crippen LogP contribution in [-0.4, -0.2) is 22.9 Å². The molecule has 0 radical (unpaired) electrons. The van der Waals surface area contributed by atoms with Gasteiger partial charge in [-0.25, -0.2) is 4.79 Å². The minimum Gasteiger partial charge on any atom is -0.464 e. The maximum atomic E-state index is 11.5. The van der Waals surface area contributed by atoms with Gasteiger partial charge in [0.05, 0.1) is 7.11 Å². The minimum absolute atomic E-state index is 0.0416.